The van der Waals surface area contributed by atoms with Gasteiger partial charge in [-0.15, -0.1) is 8.58 Å². The molecule has 0 saturated carbocycles. The molecule has 2 heteroatoms. The maximum atomic E-state index is 3.31. The zero-order valence-corrected chi connectivity index (χ0v) is 10.7. The summed E-state index contributed by atoms with van der Waals surface area (Å²) >= 11 is 0. The normalized spacial score (nSPS) is 20.0. The van der Waals surface area contributed by atoms with Crippen molar-refractivity contribution in [3.05, 3.63) is 24.3 Å². The first-order valence-corrected chi connectivity index (χ1v) is 6.38. The van der Waals surface area contributed by atoms with Gasteiger partial charge in [0.05, 0.1) is 0 Å². The van der Waals surface area contributed by atoms with Gasteiger partial charge in [0.25, 0.3) is 0 Å². The molecule has 80 valence electrons. The minimum Gasteiger partial charge on any atom is -0.319 e. The van der Waals surface area contributed by atoms with E-state index >= 15 is 0 Å². The van der Waals surface area contributed by atoms with Gasteiger partial charge in [0.15, 0.2) is 0 Å². The fraction of sp³-hybridized carbons (Fsp3) is 0.667. The van der Waals surface area contributed by atoms with E-state index in [0.717, 1.165) is 20.8 Å². The van der Waals surface area contributed by atoms with E-state index in [4.69, 9.17) is 0 Å². The van der Waals surface area contributed by atoms with E-state index < -0.39 is 0 Å². The van der Waals surface area contributed by atoms with Crippen molar-refractivity contribution in [2.45, 2.75) is 31.6 Å². The van der Waals surface area contributed by atoms with E-state index in [1.165, 1.54) is 0 Å². The van der Waals surface area contributed by atoms with Crippen LogP contribution in [0.5, 0.6) is 0 Å². The molecule has 1 aliphatic carbocycles. The van der Waals surface area contributed by atoms with Crippen LogP contribution in [0.1, 0.15) is 20.8 Å². The minimum atomic E-state index is 0.450. The zero-order valence-electron chi connectivity index (χ0n) is 9.67. The average molecular weight is 211 g/mol. The molecule has 2 unspecified atom stereocenters. The summed E-state index contributed by atoms with van der Waals surface area (Å²) in [4.78, 5) is 0. The maximum Gasteiger partial charge on any atom is 0.00303 e. The Morgan fingerprint density at radius 2 is 1.86 bits per heavy atom. The molecule has 0 spiro atoms. The van der Waals surface area contributed by atoms with Crippen LogP contribution in [0.15, 0.2) is 24.3 Å². The highest BCUT2D eigenvalue weighted by Gasteiger charge is 2.23. The van der Waals surface area contributed by atoms with Gasteiger partial charge in [0.1, 0.15) is 0 Å². The van der Waals surface area contributed by atoms with Gasteiger partial charge in [-0.05, 0) is 17.9 Å². The van der Waals surface area contributed by atoms with Crippen molar-refractivity contribution in [1.29, 1.82) is 0 Å². The van der Waals surface area contributed by atoms with Crippen molar-refractivity contribution in [3.8, 4) is 0 Å². The third kappa shape index (κ3) is 3.94. The summed E-state index contributed by atoms with van der Waals surface area (Å²) in [6, 6.07) is 0. The first kappa shape index (κ1) is 11.9. The third-order valence-electron chi connectivity index (χ3n) is 2.28. The van der Waals surface area contributed by atoms with Crippen LogP contribution in [0, 0.1) is 5.92 Å². The molecule has 0 fully saturated rings. The standard InChI is InChI=1S/C12H22NP/c1-12(2,3)14-11(9-13-4)10-7-5-6-8-10/h5-8,10-11,13-14H,9H2,1-4H3. The number of allylic oxidation sites excluding steroid dienone is 4. The van der Waals surface area contributed by atoms with Crippen LogP contribution in [0.2, 0.25) is 0 Å². The summed E-state index contributed by atoms with van der Waals surface area (Å²) in [5, 5.41) is 3.76. The van der Waals surface area contributed by atoms with Crippen molar-refractivity contribution >= 4 is 8.58 Å². The lowest BCUT2D eigenvalue weighted by molar-refractivity contribution is 0.655. The van der Waals surface area contributed by atoms with E-state index in [2.05, 4.69) is 50.4 Å². The summed E-state index contributed by atoms with van der Waals surface area (Å²) in [5.74, 6) is 0.653. The predicted octanol–water partition coefficient (Wildman–Crippen LogP) is 2.79. The molecule has 0 saturated heterocycles. The van der Waals surface area contributed by atoms with Crippen molar-refractivity contribution in [2.75, 3.05) is 13.6 Å². The second-order valence-corrected chi connectivity index (χ2v) is 7.44. The molecule has 0 amide bonds. The highest BCUT2D eigenvalue weighted by Crippen LogP contribution is 2.39. The summed E-state index contributed by atoms with van der Waals surface area (Å²) in [5.41, 5.74) is 0.759. The van der Waals surface area contributed by atoms with Crippen LogP contribution >= 0.6 is 8.58 Å². The van der Waals surface area contributed by atoms with Gasteiger partial charge >= 0.3 is 0 Å². The third-order valence-corrected chi connectivity index (χ3v) is 4.11. The molecule has 14 heavy (non-hydrogen) atoms. The molecule has 0 heterocycles. The monoisotopic (exact) mass is 211 g/mol. The Kier molecular flexibility index (Phi) is 4.34. The van der Waals surface area contributed by atoms with Crippen molar-refractivity contribution in [2.24, 2.45) is 5.92 Å². The molecule has 2 atom stereocenters. The zero-order chi connectivity index (χ0) is 10.6. The van der Waals surface area contributed by atoms with E-state index in [-0.39, 0.29) is 0 Å². The largest absolute Gasteiger partial charge is 0.319 e. The van der Waals surface area contributed by atoms with Gasteiger partial charge in [-0.3, -0.25) is 0 Å². The maximum absolute atomic E-state index is 3.31. The van der Waals surface area contributed by atoms with Gasteiger partial charge in [-0.25, -0.2) is 0 Å². The van der Waals surface area contributed by atoms with Crippen LogP contribution in [0.25, 0.3) is 0 Å². The first-order chi connectivity index (χ1) is 6.53. The molecule has 0 aromatic carbocycles. The van der Waals surface area contributed by atoms with Crippen LogP contribution in [0.4, 0.5) is 0 Å². The van der Waals surface area contributed by atoms with Gasteiger partial charge in [-0.2, -0.15) is 0 Å². The molecular formula is C12H22NP. The molecule has 0 aliphatic heterocycles. The lowest BCUT2D eigenvalue weighted by atomic mass is 10.1. The Bertz CT molecular complexity index is 213. The van der Waals surface area contributed by atoms with Crippen molar-refractivity contribution < 1.29 is 0 Å². The topological polar surface area (TPSA) is 12.0 Å². The Labute approximate surface area is 89.8 Å². The highest BCUT2D eigenvalue weighted by molar-refractivity contribution is 7.40. The van der Waals surface area contributed by atoms with E-state index in [0.29, 0.717) is 11.1 Å². The average Bonchev–Trinajstić information content (AvgIpc) is 2.52. The summed E-state index contributed by atoms with van der Waals surface area (Å²) in [7, 11) is 3.05. The number of hydrogen-bond donors (Lipinski definition) is 1. The summed E-state index contributed by atoms with van der Waals surface area (Å²) in [6.07, 6.45) is 8.97. The predicted molar refractivity (Wildman–Crippen MR) is 67.6 cm³/mol. The molecule has 0 bridgehead atoms. The SMILES string of the molecule is CNCC(PC(C)(C)C)C1C=CC=C1. The highest BCUT2D eigenvalue weighted by atomic mass is 31.1. The number of rotatable bonds is 4. The Hall–Kier alpha value is -0.130. The number of hydrogen-bond acceptors (Lipinski definition) is 1. The fourth-order valence-corrected chi connectivity index (χ4v) is 3.61. The van der Waals surface area contributed by atoms with E-state index in [9.17, 15) is 0 Å². The summed E-state index contributed by atoms with van der Waals surface area (Å²) in [6.45, 7) is 8.11. The summed E-state index contributed by atoms with van der Waals surface area (Å²) < 4.78 is 0. The molecule has 0 radical (unpaired) electrons. The van der Waals surface area contributed by atoms with Crippen LogP contribution < -0.4 is 5.32 Å². The van der Waals surface area contributed by atoms with Gasteiger partial charge < -0.3 is 5.32 Å². The molecule has 1 aliphatic rings. The van der Waals surface area contributed by atoms with Crippen molar-refractivity contribution in [1.82, 2.24) is 5.32 Å². The molecule has 0 aromatic heterocycles. The molecular weight excluding hydrogens is 189 g/mol. The Morgan fingerprint density at radius 1 is 1.29 bits per heavy atom. The van der Waals surface area contributed by atoms with Crippen LogP contribution in [-0.4, -0.2) is 24.4 Å². The minimum absolute atomic E-state index is 0.450. The van der Waals surface area contributed by atoms with Crippen LogP contribution in [-0.2, 0) is 0 Å². The van der Waals surface area contributed by atoms with E-state index in [1.807, 2.05) is 7.05 Å². The van der Waals surface area contributed by atoms with E-state index in [1.54, 1.807) is 0 Å². The van der Waals surface area contributed by atoms with Crippen molar-refractivity contribution in [3.63, 3.8) is 0 Å². The van der Waals surface area contributed by atoms with Gasteiger partial charge in [0, 0.05) is 12.5 Å². The fourth-order valence-electron chi connectivity index (χ4n) is 1.78. The second-order valence-electron chi connectivity index (χ2n) is 4.91. The number of nitrogens with one attached hydrogen (secondary N) is 1. The molecule has 1 N–H and O–H groups in total. The Balaban J connectivity index is 2.55. The Morgan fingerprint density at radius 3 is 2.29 bits per heavy atom. The lowest BCUT2D eigenvalue weighted by Crippen LogP contribution is -2.28. The molecule has 0 aromatic rings. The molecule has 1 rings (SSSR count). The first-order valence-electron chi connectivity index (χ1n) is 5.30. The van der Waals surface area contributed by atoms with Crippen LogP contribution in [0.3, 0.4) is 0 Å². The van der Waals surface area contributed by atoms with Gasteiger partial charge in [0.2, 0.25) is 0 Å². The molecule has 1 nitrogen and oxygen atoms in total. The lowest BCUT2D eigenvalue weighted by Gasteiger charge is -2.29. The smallest absolute Gasteiger partial charge is 0.00303 e. The quantitative estimate of drug-likeness (QED) is 0.705. The second kappa shape index (κ2) is 5.09. The van der Waals surface area contributed by atoms with Gasteiger partial charge in [-0.1, -0.05) is 45.1 Å².